The number of benzene rings is 2. The first kappa shape index (κ1) is 18.0. The summed E-state index contributed by atoms with van der Waals surface area (Å²) in [5, 5.41) is 4.06. The number of carbonyl (C=O) groups excluding carboxylic acids is 1. The number of rotatable bonds is 7. The Hall–Kier alpha value is -2.79. The first-order valence-corrected chi connectivity index (χ1v) is 8.74. The summed E-state index contributed by atoms with van der Waals surface area (Å²) in [6.45, 7) is 2.99. The Kier molecular flexibility index (Phi) is 5.58. The Morgan fingerprint density at radius 1 is 1.15 bits per heavy atom. The fourth-order valence-corrected chi connectivity index (χ4v) is 2.86. The summed E-state index contributed by atoms with van der Waals surface area (Å²) < 4.78 is 11.4. The van der Waals surface area contributed by atoms with Crippen LogP contribution in [0.1, 0.15) is 29.1 Å². The molecular weight excluding hydrogens is 328 g/mol. The molecule has 0 saturated heterocycles. The monoisotopic (exact) mass is 352 g/mol. The number of hydrogen-bond acceptors (Lipinski definition) is 4. The van der Waals surface area contributed by atoms with E-state index in [1.165, 1.54) is 0 Å². The Morgan fingerprint density at radius 2 is 1.88 bits per heavy atom. The lowest BCUT2D eigenvalue weighted by Gasteiger charge is -2.22. The van der Waals surface area contributed by atoms with Crippen molar-refractivity contribution in [2.45, 2.75) is 13.0 Å². The highest BCUT2D eigenvalue weighted by Gasteiger charge is 2.20. The normalized spacial score (nSPS) is 12.3. The number of fused-ring (bicyclic) bond motifs is 1. The van der Waals surface area contributed by atoms with Crippen LogP contribution >= 0.6 is 0 Å². The van der Waals surface area contributed by atoms with E-state index in [1.54, 1.807) is 24.3 Å². The molecule has 0 aliphatic rings. The molecule has 1 amide bonds. The number of nitrogens with one attached hydrogen (secondary N) is 1. The molecule has 0 saturated carbocycles. The molecule has 0 spiro atoms. The van der Waals surface area contributed by atoms with Gasteiger partial charge in [0.1, 0.15) is 17.1 Å². The van der Waals surface area contributed by atoms with Crippen molar-refractivity contribution in [3.05, 3.63) is 65.9 Å². The van der Waals surface area contributed by atoms with Gasteiger partial charge in [0.05, 0.1) is 12.6 Å². The second kappa shape index (κ2) is 8.06. The molecule has 3 aromatic rings. The van der Waals surface area contributed by atoms with Gasteiger partial charge in [0.25, 0.3) is 5.91 Å². The van der Waals surface area contributed by atoms with E-state index in [0.717, 1.165) is 22.5 Å². The van der Waals surface area contributed by atoms with Crippen LogP contribution in [-0.2, 0) is 0 Å². The van der Waals surface area contributed by atoms with E-state index in [2.05, 4.69) is 5.32 Å². The molecule has 2 aromatic carbocycles. The van der Waals surface area contributed by atoms with Crippen molar-refractivity contribution in [2.24, 2.45) is 0 Å². The minimum atomic E-state index is -0.115. The summed E-state index contributed by atoms with van der Waals surface area (Å²) in [5.41, 5.74) is 1.46. The van der Waals surface area contributed by atoms with Crippen LogP contribution < -0.4 is 10.1 Å². The number of furan rings is 1. The number of nitrogens with zero attached hydrogens (tertiary/aromatic N) is 1. The van der Waals surface area contributed by atoms with E-state index in [0.29, 0.717) is 18.7 Å². The van der Waals surface area contributed by atoms with Gasteiger partial charge in [-0.25, -0.2) is 0 Å². The van der Waals surface area contributed by atoms with E-state index < -0.39 is 0 Å². The van der Waals surface area contributed by atoms with Gasteiger partial charge in [-0.05, 0) is 57.4 Å². The lowest BCUT2D eigenvalue weighted by Crippen LogP contribution is -2.34. The topological polar surface area (TPSA) is 54.7 Å². The molecule has 1 heterocycles. The van der Waals surface area contributed by atoms with E-state index in [4.69, 9.17) is 9.15 Å². The molecule has 1 aromatic heterocycles. The van der Waals surface area contributed by atoms with E-state index in [-0.39, 0.29) is 11.9 Å². The molecule has 1 N–H and O–H groups in total. The van der Waals surface area contributed by atoms with E-state index >= 15 is 0 Å². The fourth-order valence-electron chi connectivity index (χ4n) is 2.86. The van der Waals surface area contributed by atoms with Gasteiger partial charge in [0.2, 0.25) is 0 Å². The molecule has 1 atom stereocenters. The summed E-state index contributed by atoms with van der Waals surface area (Å²) in [6, 6.07) is 17.0. The highest BCUT2D eigenvalue weighted by atomic mass is 16.5. The predicted molar refractivity (Wildman–Crippen MR) is 103 cm³/mol. The molecule has 0 aliphatic heterocycles. The van der Waals surface area contributed by atoms with Crippen LogP contribution in [0.3, 0.4) is 0 Å². The van der Waals surface area contributed by atoms with Gasteiger partial charge >= 0.3 is 0 Å². The number of hydrogen-bond donors (Lipinski definition) is 1. The second-order valence-corrected chi connectivity index (χ2v) is 6.33. The standard InChI is InChI=1S/C21H24N2O3/c1-4-25-17-11-9-15(10-12-17)21(24)22-14-18(23(2)3)20-13-16-7-5-6-8-19(16)26-20/h5-13,18H,4,14H2,1-3H3,(H,22,24). The van der Waals surface area contributed by atoms with Crippen LogP contribution in [-0.4, -0.2) is 38.1 Å². The van der Waals surface area contributed by atoms with Crippen molar-refractivity contribution in [2.75, 3.05) is 27.2 Å². The number of amides is 1. The van der Waals surface area contributed by atoms with Crippen molar-refractivity contribution in [1.82, 2.24) is 10.2 Å². The molecule has 136 valence electrons. The fraction of sp³-hybridized carbons (Fsp3) is 0.286. The zero-order valence-electron chi connectivity index (χ0n) is 15.4. The zero-order valence-corrected chi connectivity index (χ0v) is 15.4. The van der Waals surface area contributed by atoms with Gasteiger partial charge in [-0.2, -0.15) is 0 Å². The van der Waals surface area contributed by atoms with Crippen LogP contribution in [0.25, 0.3) is 11.0 Å². The van der Waals surface area contributed by atoms with Gasteiger partial charge < -0.3 is 14.5 Å². The van der Waals surface area contributed by atoms with Crippen LogP contribution in [0, 0.1) is 0 Å². The largest absolute Gasteiger partial charge is 0.494 e. The maximum absolute atomic E-state index is 12.4. The van der Waals surface area contributed by atoms with Crippen LogP contribution in [0.2, 0.25) is 0 Å². The predicted octanol–water partition coefficient (Wildman–Crippen LogP) is 3.86. The molecule has 0 aliphatic carbocycles. The zero-order chi connectivity index (χ0) is 18.5. The van der Waals surface area contributed by atoms with E-state index in [1.807, 2.05) is 56.3 Å². The molecule has 0 radical (unpaired) electrons. The minimum Gasteiger partial charge on any atom is -0.494 e. The maximum Gasteiger partial charge on any atom is 0.251 e. The highest BCUT2D eigenvalue weighted by molar-refractivity contribution is 5.94. The molecule has 3 rings (SSSR count). The third-order valence-electron chi connectivity index (χ3n) is 4.28. The number of ether oxygens (including phenoxy) is 1. The maximum atomic E-state index is 12.4. The average Bonchev–Trinajstić information content (AvgIpc) is 3.06. The SMILES string of the molecule is CCOc1ccc(C(=O)NCC(c2cc3ccccc3o2)N(C)C)cc1. The van der Waals surface area contributed by atoms with Gasteiger partial charge in [-0.1, -0.05) is 18.2 Å². The van der Waals surface area contributed by atoms with Crippen molar-refractivity contribution in [1.29, 1.82) is 0 Å². The quantitative estimate of drug-likeness (QED) is 0.701. The third kappa shape index (κ3) is 4.06. The van der Waals surface area contributed by atoms with Crippen LogP contribution in [0.15, 0.2) is 59.0 Å². The summed E-state index contributed by atoms with van der Waals surface area (Å²) in [4.78, 5) is 14.5. The summed E-state index contributed by atoms with van der Waals surface area (Å²) in [7, 11) is 3.95. The first-order valence-electron chi connectivity index (χ1n) is 8.74. The van der Waals surface area contributed by atoms with Crippen LogP contribution in [0.4, 0.5) is 0 Å². The van der Waals surface area contributed by atoms with Crippen molar-refractivity contribution < 1.29 is 13.9 Å². The van der Waals surface area contributed by atoms with Crippen molar-refractivity contribution in [3.8, 4) is 5.75 Å². The highest BCUT2D eigenvalue weighted by Crippen LogP contribution is 2.26. The van der Waals surface area contributed by atoms with E-state index in [9.17, 15) is 4.79 Å². The minimum absolute atomic E-state index is 0.0472. The molecule has 1 unspecified atom stereocenters. The van der Waals surface area contributed by atoms with Gasteiger partial charge in [0, 0.05) is 17.5 Å². The number of para-hydroxylation sites is 1. The van der Waals surface area contributed by atoms with Gasteiger partial charge in [0.15, 0.2) is 0 Å². The number of likely N-dealkylation sites (N-methyl/N-ethyl adjacent to an activating group) is 1. The number of carbonyl (C=O) groups is 1. The molecule has 26 heavy (non-hydrogen) atoms. The molecule has 5 heteroatoms. The Bertz CT molecular complexity index is 835. The lowest BCUT2D eigenvalue weighted by atomic mass is 10.1. The van der Waals surface area contributed by atoms with Crippen molar-refractivity contribution >= 4 is 16.9 Å². The Morgan fingerprint density at radius 3 is 2.54 bits per heavy atom. The third-order valence-corrected chi connectivity index (χ3v) is 4.28. The van der Waals surface area contributed by atoms with Crippen LogP contribution in [0.5, 0.6) is 5.75 Å². The smallest absolute Gasteiger partial charge is 0.251 e. The Balaban J connectivity index is 1.69. The second-order valence-electron chi connectivity index (χ2n) is 6.33. The summed E-state index contributed by atoms with van der Waals surface area (Å²) in [5.74, 6) is 1.48. The summed E-state index contributed by atoms with van der Waals surface area (Å²) in [6.07, 6.45) is 0. The average molecular weight is 352 g/mol. The first-order chi connectivity index (χ1) is 12.6. The summed E-state index contributed by atoms with van der Waals surface area (Å²) >= 11 is 0. The molecule has 0 bridgehead atoms. The Labute approximate surface area is 153 Å². The van der Waals surface area contributed by atoms with Crippen molar-refractivity contribution in [3.63, 3.8) is 0 Å². The lowest BCUT2D eigenvalue weighted by molar-refractivity contribution is 0.0939. The molecule has 0 fully saturated rings. The van der Waals surface area contributed by atoms with Gasteiger partial charge in [-0.3, -0.25) is 9.69 Å². The molecule has 5 nitrogen and oxygen atoms in total. The molecular formula is C21H24N2O3. The van der Waals surface area contributed by atoms with Gasteiger partial charge in [-0.15, -0.1) is 0 Å².